The van der Waals surface area contributed by atoms with E-state index in [0.29, 0.717) is 0 Å². The summed E-state index contributed by atoms with van der Waals surface area (Å²) in [5, 5.41) is 0. The van der Waals surface area contributed by atoms with Crippen molar-refractivity contribution in [2.75, 3.05) is 0 Å². The average molecular weight is 337 g/mol. The Balaban J connectivity index is 0.00000157. The van der Waals surface area contributed by atoms with Gasteiger partial charge in [-0.25, -0.2) is 9.97 Å². The van der Waals surface area contributed by atoms with Gasteiger partial charge in [-0.3, -0.25) is 0 Å². The standard InChI is InChI=1S/C20H14N4.Al/c1-2-14-10-16-5-6-18(23-16)12-20-8-7-19(24-20)11-17-4-3-15(22-17)9-13(1)21-14;/h1-12,21-22H;. The molecule has 5 rings (SSSR count). The Kier molecular flexibility index (Phi) is 3.89. The zero-order valence-corrected chi connectivity index (χ0v) is 14.6. The number of nitrogens with one attached hydrogen (secondary N) is 2. The molecule has 0 saturated heterocycles. The smallest absolute Gasteiger partial charge is 0.0659 e. The van der Waals surface area contributed by atoms with Gasteiger partial charge in [0.05, 0.1) is 22.8 Å². The molecule has 2 aliphatic heterocycles. The lowest BCUT2D eigenvalue weighted by Gasteiger charge is -1.86. The minimum absolute atomic E-state index is 0. The number of hydrogen-bond acceptors (Lipinski definition) is 2. The lowest BCUT2D eigenvalue weighted by atomic mass is 10.3. The molecule has 0 spiro atoms. The lowest BCUT2D eigenvalue weighted by molar-refractivity contribution is 1.28. The summed E-state index contributed by atoms with van der Waals surface area (Å²) in [5.41, 5.74) is 7.86. The molecule has 0 aromatic carbocycles. The summed E-state index contributed by atoms with van der Waals surface area (Å²) < 4.78 is 0. The molecule has 0 atom stereocenters. The fourth-order valence-electron chi connectivity index (χ4n) is 2.94. The Morgan fingerprint density at radius 3 is 1.28 bits per heavy atom. The molecule has 2 aliphatic rings. The normalized spacial score (nSPS) is 12.2. The van der Waals surface area contributed by atoms with Crippen LogP contribution in [0.4, 0.5) is 0 Å². The van der Waals surface area contributed by atoms with Crippen molar-refractivity contribution in [3.8, 4) is 0 Å². The third-order valence-corrected chi connectivity index (χ3v) is 4.04. The van der Waals surface area contributed by atoms with Gasteiger partial charge >= 0.3 is 0 Å². The molecular weight excluding hydrogens is 323 g/mol. The van der Waals surface area contributed by atoms with E-state index in [9.17, 15) is 0 Å². The minimum atomic E-state index is 0. The molecule has 5 heterocycles. The van der Waals surface area contributed by atoms with E-state index in [4.69, 9.17) is 0 Å². The summed E-state index contributed by atoms with van der Waals surface area (Å²) >= 11 is 0. The van der Waals surface area contributed by atoms with Crippen molar-refractivity contribution in [3.63, 3.8) is 0 Å². The van der Waals surface area contributed by atoms with Gasteiger partial charge in [0.2, 0.25) is 0 Å². The van der Waals surface area contributed by atoms with E-state index < -0.39 is 0 Å². The molecule has 4 nitrogen and oxygen atoms in total. The first-order valence-corrected chi connectivity index (χ1v) is 7.85. The Labute approximate surface area is 155 Å². The van der Waals surface area contributed by atoms with Crippen LogP contribution in [-0.2, 0) is 0 Å². The maximum absolute atomic E-state index is 4.62. The zero-order chi connectivity index (χ0) is 15.9. The molecule has 117 valence electrons. The quantitative estimate of drug-likeness (QED) is 0.415. The van der Waals surface area contributed by atoms with Crippen LogP contribution in [0.15, 0.2) is 48.5 Å². The molecule has 3 aromatic rings. The minimum Gasteiger partial charge on any atom is -0.355 e. The van der Waals surface area contributed by atoms with E-state index in [1.165, 1.54) is 0 Å². The van der Waals surface area contributed by atoms with Crippen LogP contribution in [-0.4, -0.2) is 37.3 Å². The van der Waals surface area contributed by atoms with Gasteiger partial charge in [0.25, 0.3) is 0 Å². The Hall–Kier alpha value is -2.87. The van der Waals surface area contributed by atoms with Gasteiger partial charge in [0.15, 0.2) is 0 Å². The van der Waals surface area contributed by atoms with Crippen LogP contribution in [0.2, 0.25) is 0 Å². The number of aromatic amines is 2. The van der Waals surface area contributed by atoms with Gasteiger partial charge in [0.1, 0.15) is 0 Å². The summed E-state index contributed by atoms with van der Waals surface area (Å²) in [6.07, 6.45) is 8.05. The molecule has 5 heteroatoms. The molecule has 0 fully saturated rings. The van der Waals surface area contributed by atoms with Gasteiger partial charge in [-0.2, -0.15) is 0 Å². The van der Waals surface area contributed by atoms with Gasteiger partial charge in [-0.15, -0.1) is 0 Å². The van der Waals surface area contributed by atoms with Crippen LogP contribution < -0.4 is 0 Å². The Morgan fingerprint density at radius 1 is 0.480 bits per heavy atom. The number of hydrogen-bond donors (Lipinski definition) is 2. The zero-order valence-electron chi connectivity index (χ0n) is 13.4. The van der Waals surface area contributed by atoms with Crippen LogP contribution in [0.1, 0.15) is 22.8 Å². The van der Waals surface area contributed by atoms with E-state index in [0.717, 1.165) is 44.8 Å². The third kappa shape index (κ3) is 3.20. The maximum atomic E-state index is 4.62. The summed E-state index contributed by atoms with van der Waals surface area (Å²) in [6.45, 7) is 0. The molecule has 0 unspecified atom stereocenters. The highest BCUT2D eigenvalue weighted by Crippen LogP contribution is 2.17. The van der Waals surface area contributed by atoms with Gasteiger partial charge in [-0.1, -0.05) is 0 Å². The number of aromatic nitrogens is 4. The number of H-pyrrole nitrogens is 2. The predicted octanol–water partition coefficient (Wildman–Crippen LogP) is 4.27. The summed E-state index contributed by atoms with van der Waals surface area (Å²) in [7, 11) is 0. The topological polar surface area (TPSA) is 57.4 Å². The van der Waals surface area contributed by atoms with Crippen molar-refractivity contribution in [1.29, 1.82) is 0 Å². The van der Waals surface area contributed by atoms with Crippen molar-refractivity contribution >= 4 is 63.7 Å². The molecule has 25 heavy (non-hydrogen) atoms. The fourth-order valence-corrected chi connectivity index (χ4v) is 2.94. The Bertz CT molecular complexity index is 1080. The molecule has 0 amide bonds. The summed E-state index contributed by atoms with van der Waals surface area (Å²) in [5.74, 6) is 0. The molecule has 3 radical (unpaired) electrons. The number of fused-ring (bicyclic) bond motifs is 8. The fraction of sp³-hybridized carbons (Fsp3) is 0. The second-order valence-corrected chi connectivity index (χ2v) is 5.91. The molecule has 0 aliphatic carbocycles. The highest BCUT2D eigenvalue weighted by molar-refractivity contribution is 5.77. The second-order valence-electron chi connectivity index (χ2n) is 5.91. The van der Waals surface area contributed by atoms with Gasteiger partial charge in [-0.05, 0) is 72.8 Å². The number of nitrogens with zero attached hydrogens (tertiary/aromatic N) is 2. The first-order valence-electron chi connectivity index (χ1n) is 7.85. The largest absolute Gasteiger partial charge is 0.355 e. The van der Waals surface area contributed by atoms with Crippen LogP contribution in [0.5, 0.6) is 0 Å². The van der Waals surface area contributed by atoms with E-state index in [1.54, 1.807) is 0 Å². The van der Waals surface area contributed by atoms with E-state index in [2.05, 4.69) is 50.3 Å². The Morgan fingerprint density at radius 2 is 0.840 bits per heavy atom. The highest BCUT2D eigenvalue weighted by Gasteiger charge is 2.02. The van der Waals surface area contributed by atoms with Crippen molar-refractivity contribution in [2.45, 2.75) is 0 Å². The molecule has 0 saturated carbocycles. The van der Waals surface area contributed by atoms with Crippen molar-refractivity contribution in [2.24, 2.45) is 0 Å². The van der Waals surface area contributed by atoms with Crippen molar-refractivity contribution in [1.82, 2.24) is 19.9 Å². The van der Waals surface area contributed by atoms with Crippen LogP contribution >= 0.6 is 0 Å². The SMILES string of the molecule is C1=Cc2cc3ccc(cc4ccc(cc5nc(cc1n2)C=C5)[nH]4)[nH]3.[Al]. The van der Waals surface area contributed by atoms with E-state index in [1.807, 2.05) is 42.5 Å². The second kappa shape index (κ2) is 6.21. The first kappa shape index (κ1) is 15.6. The molecule has 3 aromatic heterocycles. The lowest BCUT2D eigenvalue weighted by Crippen LogP contribution is -1.77. The third-order valence-electron chi connectivity index (χ3n) is 4.04. The van der Waals surface area contributed by atoms with Crippen molar-refractivity contribution in [3.05, 3.63) is 71.3 Å². The maximum Gasteiger partial charge on any atom is 0.0659 e. The molecular formula is C20H14AlN4. The van der Waals surface area contributed by atoms with Crippen molar-refractivity contribution < 1.29 is 0 Å². The summed E-state index contributed by atoms with van der Waals surface area (Å²) in [6, 6.07) is 16.4. The monoisotopic (exact) mass is 337 g/mol. The van der Waals surface area contributed by atoms with Gasteiger partial charge < -0.3 is 9.97 Å². The van der Waals surface area contributed by atoms with E-state index >= 15 is 0 Å². The van der Waals surface area contributed by atoms with Gasteiger partial charge in [0, 0.05) is 39.4 Å². The van der Waals surface area contributed by atoms with Crippen LogP contribution in [0, 0.1) is 0 Å². The predicted molar refractivity (Wildman–Crippen MR) is 105 cm³/mol. The highest BCUT2D eigenvalue weighted by atomic mass is 27.0. The average Bonchev–Trinajstić information content (AvgIpc) is 3.32. The van der Waals surface area contributed by atoms with E-state index in [-0.39, 0.29) is 17.4 Å². The summed E-state index contributed by atoms with van der Waals surface area (Å²) in [4.78, 5) is 16.0. The number of rotatable bonds is 0. The van der Waals surface area contributed by atoms with Crippen LogP contribution in [0.25, 0.3) is 46.4 Å². The first-order chi connectivity index (χ1) is 11.8. The van der Waals surface area contributed by atoms with Crippen LogP contribution in [0.3, 0.4) is 0 Å². The molecule has 8 bridgehead atoms. The molecule has 2 N–H and O–H groups in total.